The number of pyridine rings is 1. The molecule has 0 fully saturated rings. The Bertz CT molecular complexity index is 1240. The van der Waals surface area contributed by atoms with Crippen molar-refractivity contribution in [3.8, 4) is 16.9 Å². The summed E-state index contributed by atoms with van der Waals surface area (Å²) in [6.07, 6.45) is 4.96. The fraction of sp³-hybridized carbons (Fsp3) is 0.120. The molecule has 0 atom stereocenters. The number of aromatic nitrogens is 1. The van der Waals surface area contributed by atoms with Crippen molar-refractivity contribution in [3.63, 3.8) is 0 Å². The lowest BCUT2D eigenvalue weighted by molar-refractivity contribution is -0.111. The molecule has 1 amide bonds. The minimum atomic E-state index is -0.244. The number of aryl methyl sites for hydroxylation is 1. The zero-order valence-corrected chi connectivity index (χ0v) is 17.1. The Morgan fingerprint density at radius 1 is 1.13 bits per heavy atom. The summed E-state index contributed by atoms with van der Waals surface area (Å²) in [6, 6.07) is 17.7. The minimum Gasteiger partial charge on any atom is -0.496 e. The molecule has 1 N–H and O–H groups in total. The highest BCUT2D eigenvalue weighted by Crippen LogP contribution is 2.37. The van der Waals surface area contributed by atoms with E-state index in [9.17, 15) is 4.79 Å². The van der Waals surface area contributed by atoms with Crippen molar-refractivity contribution >= 4 is 28.3 Å². The fourth-order valence-corrected chi connectivity index (χ4v) is 3.42. The lowest BCUT2D eigenvalue weighted by Gasteiger charge is -2.10. The molecule has 0 aliphatic rings. The number of methoxy groups -OCH3 is 1. The second kappa shape index (κ2) is 8.25. The molecule has 0 radical (unpaired) electrons. The summed E-state index contributed by atoms with van der Waals surface area (Å²) in [6.45, 7) is 3.79. The molecule has 5 nitrogen and oxygen atoms in total. The topological polar surface area (TPSA) is 64.4 Å². The molecule has 0 aliphatic carbocycles. The van der Waals surface area contributed by atoms with Crippen LogP contribution in [-0.4, -0.2) is 18.0 Å². The first kappa shape index (κ1) is 19.5. The van der Waals surface area contributed by atoms with Crippen LogP contribution in [0.4, 0.5) is 5.82 Å². The van der Waals surface area contributed by atoms with Gasteiger partial charge in [-0.25, -0.2) is 4.98 Å². The third-order valence-corrected chi connectivity index (χ3v) is 5.00. The average molecular weight is 398 g/mol. The number of carbonyl (C=O) groups excluding carboxylic acids is 1. The Morgan fingerprint density at radius 2 is 1.93 bits per heavy atom. The number of rotatable bonds is 5. The molecule has 0 unspecified atom stereocenters. The standard InChI is InChI=1S/C25H22N2O3/c1-16-8-7-11-26-25(16)27-24(28)12-17(2)19-13-20-21(18-9-5-4-6-10-18)15-30-23(20)14-22(19)29-3/h4-15H,1-3H3,(H,26,27,28)/b17-12+. The van der Waals surface area contributed by atoms with Crippen LogP contribution in [0.1, 0.15) is 18.1 Å². The van der Waals surface area contributed by atoms with Gasteiger partial charge in [-0.15, -0.1) is 0 Å². The number of nitrogens with one attached hydrogen (secondary N) is 1. The van der Waals surface area contributed by atoms with Crippen LogP contribution in [0.15, 0.2) is 77.6 Å². The van der Waals surface area contributed by atoms with Gasteiger partial charge in [-0.05, 0) is 42.7 Å². The van der Waals surface area contributed by atoms with Gasteiger partial charge in [0.15, 0.2) is 0 Å². The SMILES string of the molecule is COc1cc2occ(-c3ccccc3)c2cc1/C(C)=C/C(=O)Nc1ncccc1C. The largest absolute Gasteiger partial charge is 0.496 e. The monoisotopic (exact) mass is 398 g/mol. The van der Waals surface area contributed by atoms with E-state index >= 15 is 0 Å². The molecule has 30 heavy (non-hydrogen) atoms. The number of benzene rings is 2. The second-order valence-electron chi connectivity index (χ2n) is 7.05. The number of carbonyl (C=O) groups is 1. The van der Waals surface area contributed by atoms with Crippen LogP contribution in [0.3, 0.4) is 0 Å². The lowest BCUT2D eigenvalue weighted by Crippen LogP contribution is -2.11. The summed E-state index contributed by atoms with van der Waals surface area (Å²) in [5.74, 6) is 0.953. The van der Waals surface area contributed by atoms with Gasteiger partial charge < -0.3 is 14.5 Å². The highest BCUT2D eigenvalue weighted by Gasteiger charge is 2.15. The van der Waals surface area contributed by atoms with Crippen molar-refractivity contribution in [2.75, 3.05) is 12.4 Å². The Balaban J connectivity index is 1.72. The highest BCUT2D eigenvalue weighted by molar-refractivity contribution is 6.05. The van der Waals surface area contributed by atoms with E-state index in [4.69, 9.17) is 9.15 Å². The predicted molar refractivity (Wildman–Crippen MR) is 119 cm³/mol. The lowest BCUT2D eigenvalue weighted by atomic mass is 9.99. The smallest absolute Gasteiger partial charge is 0.249 e. The van der Waals surface area contributed by atoms with E-state index in [0.717, 1.165) is 38.8 Å². The minimum absolute atomic E-state index is 0.244. The molecule has 0 saturated carbocycles. The van der Waals surface area contributed by atoms with Crippen LogP contribution in [0.5, 0.6) is 5.75 Å². The van der Waals surface area contributed by atoms with Gasteiger partial charge in [-0.1, -0.05) is 36.4 Å². The maximum Gasteiger partial charge on any atom is 0.249 e. The molecule has 0 aliphatic heterocycles. The molecule has 2 heterocycles. The Morgan fingerprint density at radius 3 is 2.67 bits per heavy atom. The van der Waals surface area contributed by atoms with Crippen LogP contribution in [0, 0.1) is 6.92 Å². The first-order valence-electron chi connectivity index (χ1n) is 9.62. The maximum atomic E-state index is 12.6. The number of hydrogen-bond donors (Lipinski definition) is 1. The van der Waals surface area contributed by atoms with Crippen LogP contribution in [-0.2, 0) is 4.79 Å². The Kier molecular flexibility index (Phi) is 5.35. The van der Waals surface area contributed by atoms with Crippen LogP contribution >= 0.6 is 0 Å². The summed E-state index contributed by atoms with van der Waals surface area (Å²) in [5, 5.41) is 3.80. The van der Waals surface area contributed by atoms with Gasteiger partial charge in [-0.2, -0.15) is 0 Å². The molecule has 5 heteroatoms. The number of amides is 1. The summed E-state index contributed by atoms with van der Waals surface area (Å²) in [4.78, 5) is 16.8. The summed E-state index contributed by atoms with van der Waals surface area (Å²) in [5.41, 5.74) is 5.31. The van der Waals surface area contributed by atoms with E-state index < -0.39 is 0 Å². The molecule has 150 valence electrons. The molecular weight excluding hydrogens is 376 g/mol. The average Bonchev–Trinajstić information content (AvgIpc) is 3.18. The van der Waals surface area contributed by atoms with E-state index in [0.29, 0.717) is 11.6 Å². The second-order valence-corrected chi connectivity index (χ2v) is 7.05. The van der Waals surface area contributed by atoms with Crippen molar-refractivity contribution in [3.05, 3.63) is 84.3 Å². The van der Waals surface area contributed by atoms with Gasteiger partial charge >= 0.3 is 0 Å². The Hall–Kier alpha value is -3.86. The molecule has 4 rings (SSSR count). The predicted octanol–water partition coefficient (Wildman–Crippen LogP) is 5.85. The molecule has 2 aromatic heterocycles. The third-order valence-electron chi connectivity index (χ3n) is 5.00. The molecule has 0 spiro atoms. The van der Waals surface area contributed by atoms with E-state index in [1.54, 1.807) is 25.6 Å². The van der Waals surface area contributed by atoms with Gasteiger partial charge in [0.2, 0.25) is 5.91 Å². The van der Waals surface area contributed by atoms with Gasteiger partial charge in [0, 0.05) is 34.9 Å². The number of hydrogen-bond acceptors (Lipinski definition) is 4. The van der Waals surface area contributed by atoms with Crippen molar-refractivity contribution in [2.24, 2.45) is 0 Å². The molecule has 2 aromatic carbocycles. The number of ether oxygens (including phenoxy) is 1. The maximum absolute atomic E-state index is 12.6. The van der Waals surface area contributed by atoms with Crippen LogP contribution < -0.4 is 10.1 Å². The highest BCUT2D eigenvalue weighted by atomic mass is 16.5. The van der Waals surface area contributed by atoms with E-state index in [2.05, 4.69) is 10.3 Å². The number of anilines is 1. The van der Waals surface area contributed by atoms with E-state index in [1.807, 2.05) is 68.4 Å². The van der Waals surface area contributed by atoms with Gasteiger partial charge in [-0.3, -0.25) is 4.79 Å². The molecule has 0 bridgehead atoms. The number of fused-ring (bicyclic) bond motifs is 1. The quantitative estimate of drug-likeness (QED) is 0.428. The van der Waals surface area contributed by atoms with Gasteiger partial charge in [0.1, 0.15) is 17.2 Å². The molecular formula is C25H22N2O3. The normalized spacial score (nSPS) is 11.5. The van der Waals surface area contributed by atoms with Gasteiger partial charge in [0.25, 0.3) is 0 Å². The van der Waals surface area contributed by atoms with Crippen molar-refractivity contribution in [1.29, 1.82) is 0 Å². The van der Waals surface area contributed by atoms with Gasteiger partial charge in [0.05, 0.1) is 13.4 Å². The first-order chi connectivity index (χ1) is 14.6. The molecule has 0 saturated heterocycles. The van der Waals surface area contributed by atoms with Crippen LogP contribution in [0.25, 0.3) is 27.7 Å². The number of nitrogens with zero attached hydrogens (tertiary/aromatic N) is 1. The summed E-state index contributed by atoms with van der Waals surface area (Å²) < 4.78 is 11.3. The van der Waals surface area contributed by atoms with Crippen molar-refractivity contribution in [2.45, 2.75) is 13.8 Å². The number of furan rings is 1. The van der Waals surface area contributed by atoms with E-state index in [-0.39, 0.29) is 5.91 Å². The van der Waals surface area contributed by atoms with Crippen LogP contribution in [0.2, 0.25) is 0 Å². The van der Waals surface area contributed by atoms with Crippen molar-refractivity contribution in [1.82, 2.24) is 4.98 Å². The Labute approximate surface area is 175 Å². The third kappa shape index (κ3) is 3.82. The zero-order chi connectivity index (χ0) is 21.1. The molecule has 4 aromatic rings. The zero-order valence-electron chi connectivity index (χ0n) is 17.1. The first-order valence-corrected chi connectivity index (χ1v) is 9.62. The number of allylic oxidation sites excluding steroid dienone is 1. The summed E-state index contributed by atoms with van der Waals surface area (Å²) in [7, 11) is 1.61. The van der Waals surface area contributed by atoms with E-state index in [1.165, 1.54) is 0 Å². The van der Waals surface area contributed by atoms with Crippen molar-refractivity contribution < 1.29 is 13.9 Å². The summed E-state index contributed by atoms with van der Waals surface area (Å²) >= 11 is 0. The fourth-order valence-electron chi connectivity index (χ4n) is 3.42.